The first kappa shape index (κ1) is 25.4. The lowest BCUT2D eigenvalue weighted by Gasteiger charge is -2.33. The molecule has 4 rings (SSSR count). The van der Waals surface area contributed by atoms with E-state index in [2.05, 4.69) is 52.1 Å². The minimum atomic E-state index is -3.50. The van der Waals surface area contributed by atoms with Crippen LogP contribution in [0.2, 0.25) is 0 Å². The van der Waals surface area contributed by atoms with Crippen molar-refractivity contribution in [3.63, 3.8) is 0 Å². The fraction of sp³-hybridized carbons (Fsp3) is 0.379. The fourth-order valence-electron chi connectivity index (χ4n) is 4.98. The average molecular weight is 493 g/mol. The molecular weight excluding hydrogens is 456 g/mol. The molecule has 1 heterocycles. The van der Waals surface area contributed by atoms with Crippen LogP contribution in [0, 0.1) is 0 Å². The van der Waals surface area contributed by atoms with Crippen molar-refractivity contribution in [3.05, 3.63) is 96.1 Å². The average Bonchev–Trinajstić information content (AvgIpc) is 2.92. The molecule has 0 bridgehead atoms. The Kier molecular flexibility index (Phi) is 8.96. The van der Waals surface area contributed by atoms with Gasteiger partial charge in [-0.15, -0.1) is 0 Å². The maximum absolute atomic E-state index is 12.7. The molecule has 1 aliphatic rings. The second kappa shape index (κ2) is 12.3. The maximum atomic E-state index is 12.7. The van der Waals surface area contributed by atoms with Crippen LogP contribution < -0.4 is 9.46 Å². The molecule has 1 aliphatic heterocycles. The van der Waals surface area contributed by atoms with Crippen molar-refractivity contribution in [3.8, 4) is 5.75 Å². The van der Waals surface area contributed by atoms with Crippen LogP contribution >= 0.6 is 0 Å². The van der Waals surface area contributed by atoms with Crippen LogP contribution in [0.5, 0.6) is 5.75 Å². The molecule has 0 radical (unpaired) electrons. The highest BCUT2D eigenvalue weighted by Crippen LogP contribution is 2.30. The first-order valence-electron chi connectivity index (χ1n) is 12.5. The topological polar surface area (TPSA) is 58.6 Å². The second-order valence-electron chi connectivity index (χ2n) is 9.29. The first-order valence-corrected chi connectivity index (χ1v) is 14.0. The summed E-state index contributed by atoms with van der Waals surface area (Å²) >= 11 is 0. The molecule has 3 aromatic carbocycles. The summed E-state index contributed by atoms with van der Waals surface area (Å²) in [5.41, 5.74) is 2.65. The number of rotatable bonds is 11. The van der Waals surface area contributed by atoms with Gasteiger partial charge >= 0.3 is 0 Å². The van der Waals surface area contributed by atoms with E-state index in [1.165, 1.54) is 24.0 Å². The van der Waals surface area contributed by atoms with Gasteiger partial charge in [0.2, 0.25) is 10.0 Å². The molecule has 186 valence electrons. The van der Waals surface area contributed by atoms with E-state index in [4.69, 9.17) is 4.74 Å². The fourth-order valence-corrected chi connectivity index (χ4v) is 6.05. The molecule has 1 N–H and O–H groups in total. The van der Waals surface area contributed by atoms with Crippen LogP contribution in [0.1, 0.15) is 48.6 Å². The van der Waals surface area contributed by atoms with Crippen molar-refractivity contribution in [1.82, 2.24) is 9.62 Å². The second-order valence-corrected chi connectivity index (χ2v) is 11.1. The Hall–Kier alpha value is -2.67. The van der Waals surface area contributed by atoms with Crippen molar-refractivity contribution in [2.75, 3.05) is 33.3 Å². The van der Waals surface area contributed by atoms with Crippen molar-refractivity contribution in [2.24, 2.45) is 0 Å². The molecule has 0 saturated carbocycles. The lowest BCUT2D eigenvalue weighted by molar-refractivity contribution is 0.204. The summed E-state index contributed by atoms with van der Waals surface area (Å²) in [4.78, 5) is 2.86. The number of methoxy groups -OCH3 is 1. The van der Waals surface area contributed by atoms with E-state index in [-0.39, 0.29) is 5.92 Å². The molecule has 0 amide bonds. The Morgan fingerprint density at radius 1 is 0.914 bits per heavy atom. The molecule has 5 nitrogen and oxygen atoms in total. The summed E-state index contributed by atoms with van der Waals surface area (Å²) in [6, 6.07) is 27.6. The van der Waals surface area contributed by atoms with E-state index in [0.717, 1.165) is 38.2 Å². The van der Waals surface area contributed by atoms with Crippen molar-refractivity contribution in [1.29, 1.82) is 0 Å². The molecule has 0 spiro atoms. The van der Waals surface area contributed by atoms with E-state index in [9.17, 15) is 8.42 Å². The first-order chi connectivity index (χ1) is 17.0. The number of ether oxygens (including phenoxy) is 1. The molecule has 1 unspecified atom stereocenters. The van der Waals surface area contributed by atoms with E-state index in [1.807, 2.05) is 18.2 Å². The van der Waals surface area contributed by atoms with Gasteiger partial charge < -0.3 is 9.64 Å². The summed E-state index contributed by atoms with van der Waals surface area (Å²) in [5.74, 6) is 1.73. The number of piperidine rings is 1. The number of hydrogen-bond acceptors (Lipinski definition) is 4. The Balaban J connectivity index is 1.35. The highest BCUT2D eigenvalue weighted by molar-refractivity contribution is 7.89. The number of nitrogens with one attached hydrogen (secondary N) is 1. The molecule has 1 fully saturated rings. The minimum Gasteiger partial charge on any atom is -0.497 e. The van der Waals surface area contributed by atoms with E-state index in [1.54, 1.807) is 31.4 Å². The molecule has 0 aliphatic carbocycles. The zero-order valence-corrected chi connectivity index (χ0v) is 21.3. The maximum Gasteiger partial charge on any atom is 0.240 e. The smallest absolute Gasteiger partial charge is 0.240 e. The van der Waals surface area contributed by atoms with Gasteiger partial charge in [-0.3, -0.25) is 0 Å². The normalized spacial score (nSPS) is 16.1. The third-order valence-corrected chi connectivity index (χ3v) is 8.53. The lowest BCUT2D eigenvalue weighted by Crippen LogP contribution is -2.34. The molecule has 6 heteroatoms. The number of benzene rings is 3. The van der Waals surface area contributed by atoms with Crippen LogP contribution in [-0.4, -0.2) is 46.6 Å². The Morgan fingerprint density at radius 3 is 2.29 bits per heavy atom. The highest BCUT2D eigenvalue weighted by atomic mass is 32.2. The monoisotopic (exact) mass is 492 g/mol. The number of likely N-dealkylation sites (tertiary alicyclic amines) is 1. The van der Waals surface area contributed by atoms with E-state index >= 15 is 0 Å². The zero-order chi connectivity index (χ0) is 24.5. The molecule has 1 atom stereocenters. The van der Waals surface area contributed by atoms with E-state index in [0.29, 0.717) is 17.4 Å². The lowest BCUT2D eigenvalue weighted by atomic mass is 9.88. The quantitative estimate of drug-likeness (QED) is 0.388. The van der Waals surface area contributed by atoms with Gasteiger partial charge in [0.15, 0.2) is 0 Å². The summed E-state index contributed by atoms with van der Waals surface area (Å²) in [6.07, 6.45) is 4.09. The third kappa shape index (κ3) is 7.17. The van der Waals surface area contributed by atoms with Crippen LogP contribution in [-0.2, 0) is 10.0 Å². The van der Waals surface area contributed by atoms with Crippen LogP contribution in [0.25, 0.3) is 0 Å². The van der Waals surface area contributed by atoms with Gasteiger partial charge in [-0.1, -0.05) is 60.7 Å². The SMILES string of the molecule is COc1cccc(C(CCNS(=O)(=O)c2ccccc2)CCN2CCC(c3ccccc3)CC2)c1. The largest absolute Gasteiger partial charge is 0.497 e. The Bertz CT molecular complexity index is 1140. The predicted molar refractivity (Wildman–Crippen MR) is 141 cm³/mol. The molecule has 3 aromatic rings. The summed E-state index contributed by atoms with van der Waals surface area (Å²) in [7, 11) is -1.82. The minimum absolute atomic E-state index is 0.246. The molecule has 0 aromatic heterocycles. The van der Waals surface area contributed by atoms with Gasteiger partial charge in [-0.25, -0.2) is 13.1 Å². The van der Waals surface area contributed by atoms with Crippen molar-refractivity contribution < 1.29 is 13.2 Å². The molecule has 35 heavy (non-hydrogen) atoms. The van der Waals surface area contributed by atoms with Crippen molar-refractivity contribution >= 4 is 10.0 Å². The predicted octanol–water partition coefficient (Wildman–Crippen LogP) is 5.42. The zero-order valence-electron chi connectivity index (χ0n) is 20.5. The molecular formula is C29H36N2O3S. The third-order valence-electron chi connectivity index (χ3n) is 7.06. The van der Waals surface area contributed by atoms with Gasteiger partial charge in [-0.05, 0) is 92.5 Å². The van der Waals surface area contributed by atoms with Gasteiger partial charge in [0.1, 0.15) is 5.75 Å². The van der Waals surface area contributed by atoms with Crippen LogP contribution in [0.4, 0.5) is 0 Å². The number of hydrogen-bond donors (Lipinski definition) is 1. The van der Waals surface area contributed by atoms with E-state index < -0.39 is 10.0 Å². The van der Waals surface area contributed by atoms with Gasteiger partial charge in [-0.2, -0.15) is 0 Å². The Morgan fingerprint density at radius 2 is 1.60 bits per heavy atom. The summed E-state index contributed by atoms with van der Waals surface area (Å²) in [5, 5.41) is 0. The number of sulfonamides is 1. The van der Waals surface area contributed by atoms with Crippen LogP contribution in [0.15, 0.2) is 89.8 Å². The summed E-state index contributed by atoms with van der Waals surface area (Å²) in [6.45, 7) is 3.61. The molecule has 1 saturated heterocycles. The standard InChI is InChI=1S/C29H36N2O3S/c1-34-28-12-8-11-27(23-28)25(15-19-30-35(32,33)29-13-6-3-7-14-29)16-20-31-21-17-26(18-22-31)24-9-4-2-5-10-24/h2-14,23,25-26,30H,15-22H2,1H3. The van der Waals surface area contributed by atoms with Gasteiger partial charge in [0.25, 0.3) is 0 Å². The summed E-state index contributed by atoms with van der Waals surface area (Å²) < 4.78 is 33.6. The van der Waals surface area contributed by atoms with Crippen LogP contribution in [0.3, 0.4) is 0 Å². The number of nitrogens with zero attached hydrogens (tertiary/aromatic N) is 1. The van der Waals surface area contributed by atoms with Crippen molar-refractivity contribution in [2.45, 2.75) is 42.4 Å². The highest BCUT2D eigenvalue weighted by Gasteiger charge is 2.22. The Labute approximate surface area is 210 Å². The van der Waals surface area contributed by atoms with Gasteiger partial charge in [0.05, 0.1) is 12.0 Å². The van der Waals surface area contributed by atoms with Gasteiger partial charge in [0, 0.05) is 6.54 Å².